The Morgan fingerprint density at radius 1 is 1.04 bits per heavy atom. The number of rotatable bonds is 4. The Hall–Kier alpha value is -2.81. The van der Waals surface area contributed by atoms with Crippen LogP contribution in [0.1, 0.15) is 11.3 Å². The minimum Gasteiger partial charge on any atom is -0.376 e. The Kier molecular flexibility index (Phi) is 4.25. The first kappa shape index (κ1) is 17.0. The van der Waals surface area contributed by atoms with Crippen molar-refractivity contribution < 1.29 is 25.8 Å². The minimum absolute atomic E-state index is 0.432. The highest BCUT2D eigenvalue weighted by atomic mass is 32.2. The van der Waals surface area contributed by atoms with Gasteiger partial charge in [-0.2, -0.15) is 26.7 Å². The van der Waals surface area contributed by atoms with Gasteiger partial charge in [-0.05, 0) is 29.8 Å². The smallest absolute Gasteiger partial charge is 0.376 e. The van der Waals surface area contributed by atoms with E-state index in [1.807, 2.05) is 30.3 Å². The number of hydrogen-bond donors (Lipinski definition) is 1. The normalized spacial score (nSPS) is 12.8. The molecular formula is C16H11F3N2O3S. The fourth-order valence-electron chi connectivity index (χ4n) is 2.11. The second-order valence-corrected chi connectivity index (χ2v) is 6.58. The number of aromatic amines is 1. The molecule has 0 fully saturated rings. The zero-order chi connectivity index (χ0) is 18.1. The fourth-order valence-corrected chi connectivity index (χ4v) is 2.56. The molecule has 0 spiro atoms. The first-order valence-corrected chi connectivity index (χ1v) is 8.39. The molecule has 0 atom stereocenters. The van der Waals surface area contributed by atoms with Crippen molar-refractivity contribution in [2.45, 2.75) is 5.51 Å². The number of H-pyrrole nitrogens is 1. The van der Waals surface area contributed by atoms with Crippen molar-refractivity contribution >= 4 is 33.2 Å². The molecule has 1 aromatic heterocycles. The van der Waals surface area contributed by atoms with E-state index >= 15 is 0 Å². The van der Waals surface area contributed by atoms with Gasteiger partial charge in [-0.1, -0.05) is 36.4 Å². The van der Waals surface area contributed by atoms with Crippen LogP contribution in [0.4, 0.5) is 13.2 Å². The molecule has 0 radical (unpaired) electrons. The maximum absolute atomic E-state index is 12.4. The Bertz CT molecular complexity index is 1030. The quantitative estimate of drug-likeness (QED) is 0.559. The van der Waals surface area contributed by atoms with Crippen LogP contribution in [0.15, 0.2) is 48.5 Å². The van der Waals surface area contributed by atoms with Gasteiger partial charge in [0, 0.05) is 5.39 Å². The number of aromatic nitrogens is 2. The van der Waals surface area contributed by atoms with Crippen molar-refractivity contribution in [1.82, 2.24) is 10.2 Å². The van der Waals surface area contributed by atoms with E-state index < -0.39 is 21.4 Å². The van der Waals surface area contributed by atoms with Gasteiger partial charge >= 0.3 is 15.6 Å². The standard InChI is InChI=1S/C16H11F3N2O3S/c17-16(18,19)25(22,23)24-12-7-9-15-13(10-12)14(20-21-15)8-6-11-4-2-1-3-5-11/h1-10H,(H,20,21). The van der Waals surface area contributed by atoms with E-state index in [9.17, 15) is 21.6 Å². The van der Waals surface area contributed by atoms with Gasteiger partial charge in [0.05, 0.1) is 11.2 Å². The zero-order valence-electron chi connectivity index (χ0n) is 12.5. The van der Waals surface area contributed by atoms with Crippen molar-refractivity contribution in [3.63, 3.8) is 0 Å². The number of fused-ring (bicyclic) bond motifs is 1. The van der Waals surface area contributed by atoms with Gasteiger partial charge in [0.2, 0.25) is 0 Å². The summed E-state index contributed by atoms with van der Waals surface area (Å²) in [6, 6.07) is 13.0. The molecule has 0 amide bonds. The summed E-state index contributed by atoms with van der Waals surface area (Å²) in [6.07, 6.45) is 3.44. The lowest BCUT2D eigenvalue weighted by Crippen LogP contribution is -2.28. The number of benzene rings is 2. The van der Waals surface area contributed by atoms with Crippen molar-refractivity contribution in [3.05, 3.63) is 59.8 Å². The number of hydrogen-bond acceptors (Lipinski definition) is 4. The third-order valence-electron chi connectivity index (χ3n) is 3.29. The summed E-state index contributed by atoms with van der Waals surface area (Å²) in [5.41, 5.74) is -3.61. The average molecular weight is 368 g/mol. The molecule has 0 aliphatic carbocycles. The first-order valence-electron chi connectivity index (χ1n) is 6.98. The topological polar surface area (TPSA) is 72.1 Å². The van der Waals surface area contributed by atoms with Crippen LogP contribution in [-0.2, 0) is 10.1 Å². The Morgan fingerprint density at radius 3 is 2.44 bits per heavy atom. The maximum Gasteiger partial charge on any atom is 0.534 e. The van der Waals surface area contributed by atoms with E-state index in [-0.39, 0.29) is 0 Å². The molecule has 5 nitrogen and oxygen atoms in total. The van der Waals surface area contributed by atoms with Crippen LogP contribution in [0.3, 0.4) is 0 Å². The van der Waals surface area contributed by atoms with E-state index in [4.69, 9.17) is 0 Å². The molecule has 0 aliphatic heterocycles. The molecule has 9 heteroatoms. The van der Waals surface area contributed by atoms with Crippen LogP contribution in [0.25, 0.3) is 23.1 Å². The Balaban J connectivity index is 1.94. The first-order chi connectivity index (χ1) is 11.8. The summed E-state index contributed by atoms with van der Waals surface area (Å²) in [7, 11) is -5.72. The van der Waals surface area contributed by atoms with Gasteiger partial charge in [-0.15, -0.1) is 0 Å². The predicted molar refractivity (Wildman–Crippen MR) is 87.1 cm³/mol. The summed E-state index contributed by atoms with van der Waals surface area (Å²) in [5, 5.41) is 7.21. The molecule has 3 rings (SSSR count). The third-order valence-corrected chi connectivity index (χ3v) is 4.27. The van der Waals surface area contributed by atoms with Crippen molar-refractivity contribution in [1.29, 1.82) is 0 Å². The molecule has 3 aromatic rings. The van der Waals surface area contributed by atoms with Gasteiger partial charge in [-0.25, -0.2) is 0 Å². The van der Waals surface area contributed by atoms with Crippen LogP contribution in [0.2, 0.25) is 0 Å². The molecule has 25 heavy (non-hydrogen) atoms. The largest absolute Gasteiger partial charge is 0.534 e. The molecule has 0 saturated carbocycles. The summed E-state index contributed by atoms with van der Waals surface area (Å²) in [6.45, 7) is 0. The summed E-state index contributed by atoms with van der Waals surface area (Å²) in [4.78, 5) is 0. The number of nitrogens with zero attached hydrogens (tertiary/aromatic N) is 1. The maximum atomic E-state index is 12.4. The highest BCUT2D eigenvalue weighted by molar-refractivity contribution is 7.88. The highest BCUT2D eigenvalue weighted by Gasteiger charge is 2.48. The molecule has 0 aliphatic rings. The van der Waals surface area contributed by atoms with Gasteiger partial charge in [0.1, 0.15) is 5.75 Å². The van der Waals surface area contributed by atoms with E-state index in [2.05, 4.69) is 14.4 Å². The van der Waals surface area contributed by atoms with E-state index in [1.54, 1.807) is 12.2 Å². The molecule has 2 aromatic carbocycles. The molecule has 0 bridgehead atoms. The van der Waals surface area contributed by atoms with Crippen molar-refractivity contribution in [3.8, 4) is 5.75 Å². The van der Waals surface area contributed by atoms with Gasteiger partial charge < -0.3 is 4.18 Å². The number of halogens is 3. The molecule has 1 heterocycles. The monoisotopic (exact) mass is 368 g/mol. The average Bonchev–Trinajstić information content (AvgIpc) is 2.95. The lowest BCUT2D eigenvalue weighted by Gasteiger charge is -2.09. The third kappa shape index (κ3) is 3.66. The highest BCUT2D eigenvalue weighted by Crippen LogP contribution is 2.29. The van der Waals surface area contributed by atoms with Gasteiger partial charge in [0.15, 0.2) is 0 Å². The molecular weight excluding hydrogens is 357 g/mol. The molecule has 0 unspecified atom stereocenters. The Morgan fingerprint density at radius 2 is 1.76 bits per heavy atom. The van der Waals surface area contributed by atoms with Crippen LogP contribution in [-0.4, -0.2) is 24.1 Å². The van der Waals surface area contributed by atoms with Crippen LogP contribution < -0.4 is 4.18 Å². The van der Waals surface area contributed by atoms with E-state index in [0.717, 1.165) is 11.6 Å². The van der Waals surface area contributed by atoms with Crippen LogP contribution >= 0.6 is 0 Å². The van der Waals surface area contributed by atoms with E-state index in [1.165, 1.54) is 12.1 Å². The molecule has 130 valence electrons. The molecule has 0 saturated heterocycles. The van der Waals surface area contributed by atoms with E-state index in [0.29, 0.717) is 16.6 Å². The summed E-state index contributed by atoms with van der Waals surface area (Å²) in [5.74, 6) is -0.444. The SMILES string of the molecule is O=S(=O)(Oc1ccc2[nH]nc(C=Cc3ccccc3)c2c1)C(F)(F)F. The lowest BCUT2D eigenvalue weighted by molar-refractivity contribution is -0.0500. The summed E-state index contributed by atoms with van der Waals surface area (Å²) < 4.78 is 63.6. The van der Waals surface area contributed by atoms with Crippen molar-refractivity contribution in [2.75, 3.05) is 0 Å². The number of alkyl halides is 3. The minimum atomic E-state index is -5.72. The lowest BCUT2D eigenvalue weighted by atomic mass is 10.1. The fraction of sp³-hybridized carbons (Fsp3) is 0.0625. The van der Waals surface area contributed by atoms with Crippen molar-refractivity contribution in [2.24, 2.45) is 0 Å². The molecule has 1 N–H and O–H groups in total. The van der Waals surface area contributed by atoms with Crippen LogP contribution in [0.5, 0.6) is 5.75 Å². The Labute approximate surface area is 140 Å². The second kappa shape index (κ2) is 6.25. The van der Waals surface area contributed by atoms with Crippen LogP contribution in [0, 0.1) is 0 Å². The predicted octanol–water partition coefficient (Wildman–Crippen LogP) is 3.96. The van der Waals surface area contributed by atoms with Gasteiger partial charge in [-0.3, -0.25) is 5.10 Å². The second-order valence-electron chi connectivity index (χ2n) is 5.04. The number of nitrogens with one attached hydrogen (secondary N) is 1. The van der Waals surface area contributed by atoms with Gasteiger partial charge in [0.25, 0.3) is 0 Å². The summed E-state index contributed by atoms with van der Waals surface area (Å²) >= 11 is 0. The zero-order valence-corrected chi connectivity index (χ0v) is 13.3.